The summed E-state index contributed by atoms with van der Waals surface area (Å²) in [6, 6.07) is 0. The number of hydrogen-bond donors (Lipinski definition) is 0. The number of nitrogens with zero attached hydrogens (tertiary/aromatic N) is 1. The lowest BCUT2D eigenvalue weighted by Crippen LogP contribution is -2.43. The molecule has 0 saturated carbocycles. The van der Waals surface area contributed by atoms with Crippen LogP contribution >= 0.6 is 0 Å². The summed E-state index contributed by atoms with van der Waals surface area (Å²) in [4.78, 5) is 2.10. The van der Waals surface area contributed by atoms with Crippen molar-refractivity contribution in [2.45, 2.75) is 57.2 Å². The van der Waals surface area contributed by atoms with Crippen LogP contribution < -0.4 is 0 Å². The van der Waals surface area contributed by atoms with Gasteiger partial charge in [-0.15, -0.1) is 13.2 Å². The predicted molar refractivity (Wildman–Crippen MR) is 60.2 cm³/mol. The van der Waals surface area contributed by atoms with Gasteiger partial charge in [0.2, 0.25) is 0 Å². The molecule has 2 rings (SSSR count). The molecule has 3 nitrogen and oxygen atoms in total. The molecule has 0 radical (unpaired) electrons. The van der Waals surface area contributed by atoms with E-state index in [1.165, 1.54) is 0 Å². The van der Waals surface area contributed by atoms with Gasteiger partial charge >= 0.3 is 6.36 Å². The van der Waals surface area contributed by atoms with Crippen LogP contribution in [0.5, 0.6) is 0 Å². The maximum Gasteiger partial charge on any atom is 0.522 e. The Morgan fingerprint density at radius 2 is 2.11 bits per heavy atom. The van der Waals surface area contributed by atoms with Crippen LogP contribution in [0, 0.1) is 0 Å². The molecule has 0 spiro atoms. The van der Waals surface area contributed by atoms with Gasteiger partial charge in [0.05, 0.1) is 18.8 Å². The number of halogens is 3. The summed E-state index contributed by atoms with van der Waals surface area (Å²) >= 11 is 0. The van der Waals surface area contributed by atoms with Gasteiger partial charge < -0.3 is 4.74 Å². The molecule has 0 N–H and O–H groups in total. The minimum Gasteiger partial charge on any atom is -0.377 e. The smallest absolute Gasteiger partial charge is 0.377 e. The van der Waals surface area contributed by atoms with Crippen molar-refractivity contribution >= 4 is 0 Å². The maximum absolute atomic E-state index is 12.3. The summed E-state index contributed by atoms with van der Waals surface area (Å²) < 4.78 is 46.6. The van der Waals surface area contributed by atoms with E-state index in [-0.39, 0.29) is 11.6 Å². The molecule has 2 fully saturated rings. The van der Waals surface area contributed by atoms with Crippen LogP contribution in [0.25, 0.3) is 0 Å². The molecule has 0 amide bonds. The van der Waals surface area contributed by atoms with Crippen molar-refractivity contribution in [3.8, 4) is 0 Å². The van der Waals surface area contributed by atoms with E-state index in [1.54, 1.807) is 0 Å². The van der Waals surface area contributed by atoms with Crippen molar-refractivity contribution in [1.29, 1.82) is 0 Å². The van der Waals surface area contributed by atoms with Crippen LogP contribution in [0.3, 0.4) is 0 Å². The second-order valence-corrected chi connectivity index (χ2v) is 5.52. The summed E-state index contributed by atoms with van der Waals surface area (Å²) in [5.41, 5.74) is -0.236. The normalized spacial score (nSPS) is 33.3. The topological polar surface area (TPSA) is 21.7 Å². The summed E-state index contributed by atoms with van der Waals surface area (Å²) in [5, 5.41) is 0. The van der Waals surface area contributed by atoms with Crippen LogP contribution in [-0.4, -0.2) is 48.7 Å². The van der Waals surface area contributed by atoms with E-state index in [1.807, 2.05) is 13.8 Å². The number of fused-ring (bicyclic) bond motifs is 1. The Balaban J connectivity index is 1.96. The fourth-order valence-electron chi connectivity index (χ4n) is 3.06. The maximum atomic E-state index is 12.3. The highest BCUT2D eigenvalue weighted by molar-refractivity contribution is 5.04. The Labute approximate surface area is 105 Å². The van der Waals surface area contributed by atoms with E-state index >= 15 is 0 Å². The quantitative estimate of drug-likeness (QED) is 0.781. The first-order valence-corrected chi connectivity index (χ1v) is 6.42. The molecule has 2 aliphatic rings. The summed E-state index contributed by atoms with van der Waals surface area (Å²) in [5.74, 6) is 0. The van der Waals surface area contributed by atoms with Gasteiger partial charge in [-0.3, -0.25) is 9.64 Å². The third kappa shape index (κ3) is 3.16. The van der Waals surface area contributed by atoms with Crippen molar-refractivity contribution < 1.29 is 22.6 Å². The van der Waals surface area contributed by atoms with Crippen LogP contribution in [-0.2, 0) is 9.47 Å². The lowest BCUT2D eigenvalue weighted by atomic mass is 9.94. The minimum atomic E-state index is -4.54. The predicted octanol–water partition coefficient (Wildman–Crippen LogP) is 2.55. The SMILES string of the molecule is CC(C)OCC12CCCN1CC(OC(F)(F)F)C2. The van der Waals surface area contributed by atoms with Gasteiger partial charge in [0.25, 0.3) is 0 Å². The minimum absolute atomic E-state index is 0.101. The molecule has 0 aromatic heterocycles. The van der Waals surface area contributed by atoms with E-state index in [4.69, 9.17) is 4.74 Å². The lowest BCUT2D eigenvalue weighted by molar-refractivity contribution is -0.341. The van der Waals surface area contributed by atoms with Gasteiger partial charge in [-0.05, 0) is 39.7 Å². The fourth-order valence-corrected chi connectivity index (χ4v) is 3.06. The number of ether oxygens (including phenoxy) is 2. The first-order valence-electron chi connectivity index (χ1n) is 6.42. The van der Waals surface area contributed by atoms with Gasteiger partial charge in [-0.1, -0.05) is 0 Å². The monoisotopic (exact) mass is 267 g/mol. The molecule has 0 aliphatic carbocycles. The van der Waals surface area contributed by atoms with Gasteiger partial charge in [0.1, 0.15) is 0 Å². The second kappa shape index (κ2) is 4.98. The van der Waals surface area contributed by atoms with E-state index < -0.39 is 12.5 Å². The Bertz CT molecular complexity index is 296. The van der Waals surface area contributed by atoms with Crippen molar-refractivity contribution in [2.75, 3.05) is 19.7 Å². The van der Waals surface area contributed by atoms with Crippen LogP contribution in [0.1, 0.15) is 33.1 Å². The zero-order chi connectivity index (χ0) is 13.4. The Morgan fingerprint density at radius 1 is 1.39 bits per heavy atom. The molecule has 2 atom stereocenters. The lowest BCUT2D eigenvalue weighted by Gasteiger charge is -2.32. The number of hydrogen-bond acceptors (Lipinski definition) is 3. The molecule has 0 aromatic rings. The molecule has 0 aromatic carbocycles. The van der Waals surface area contributed by atoms with E-state index in [0.717, 1.165) is 19.4 Å². The van der Waals surface area contributed by atoms with Crippen LogP contribution in [0.2, 0.25) is 0 Å². The van der Waals surface area contributed by atoms with E-state index in [9.17, 15) is 13.2 Å². The van der Waals surface area contributed by atoms with Crippen LogP contribution in [0.15, 0.2) is 0 Å². The average Bonchev–Trinajstić information content (AvgIpc) is 2.68. The first kappa shape index (κ1) is 14.1. The third-order valence-corrected chi connectivity index (χ3v) is 3.76. The summed E-state index contributed by atoms with van der Waals surface area (Å²) in [6.45, 7) is 5.59. The van der Waals surface area contributed by atoms with Crippen molar-refractivity contribution in [3.05, 3.63) is 0 Å². The molecule has 106 valence electrons. The Kier molecular flexibility index (Phi) is 3.90. The van der Waals surface area contributed by atoms with Crippen molar-refractivity contribution in [1.82, 2.24) is 4.90 Å². The van der Waals surface area contributed by atoms with Gasteiger partial charge in [-0.2, -0.15) is 0 Å². The molecule has 2 unspecified atom stereocenters. The second-order valence-electron chi connectivity index (χ2n) is 5.52. The molecule has 6 heteroatoms. The Morgan fingerprint density at radius 3 is 2.72 bits per heavy atom. The number of rotatable bonds is 4. The molecule has 0 bridgehead atoms. The fraction of sp³-hybridized carbons (Fsp3) is 1.00. The van der Waals surface area contributed by atoms with E-state index in [2.05, 4.69) is 9.64 Å². The standard InChI is InChI=1S/C12H20F3NO2/c1-9(2)17-8-11-4-3-5-16(11)7-10(6-11)18-12(13,14)15/h9-10H,3-8H2,1-2H3. The van der Waals surface area contributed by atoms with Crippen molar-refractivity contribution in [3.63, 3.8) is 0 Å². The molecular weight excluding hydrogens is 247 g/mol. The third-order valence-electron chi connectivity index (χ3n) is 3.76. The van der Waals surface area contributed by atoms with Gasteiger partial charge in [-0.25, -0.2) is 0 Å². The largest absolute Gasteiger partial charge is 0.522 e. The van der Waals surface area contributed by atoms with Crippen molar-refractivity contribution in [2.24, 2.45) is 0 Å². The molecule has 18 heavy (non-hydrogen) atoms. The molecule has 2 saturated heterocycles. The van der Waals surface area contributed by atoms with Gasteiger partial charge in [0.15, 0.2) is 0 Å². The first-order chi connectivity index (χ1) is 8.31. The summed E-state index contributed by atoms with van der Waals surface area (Å²) in [7, 11) is 0. The average molecular weight is 267 g/mol. The zero-order valence-corrected chi connectivity index (χ0v) is 10.8. The van der Waals surface area contributed by atoms with E-state index in [0.29, 0.717) is 19.6 Å². The molecular formula is C12H20F3NO2. The highest BCUT2D eigenvalue weighted by Crippen LogP contribution is 2.41. The number of alkyl halides is 3. The van der Waals surface area contributed by atoms with Gasteiger partial charge in [0, 0.05) is 12.1 Å². The zero-order valence-electron chi connectivity index (χ0n) is 10.8. The molecule has 2 heterocycles. The highest BCUT2D eigenvalue weighted by atomic mass is 19.4. The summed E-state index contributed by atoms with van der Waals surface area (Å²) in [6.07, 6.45) is -2.84. The van der Waals surface area contributed by atoms with Crippen LogP contribution in [0.4, 0.5) is 13.2 Å². The Hall–Kier alpha value is -0.330. The highest BCUT2D eigenvalue weighted by Gasteiger charge is 2.51. The molecule has 2 aliphatic heterocycles.